The summed E-state index contributed by atoms with van der Waals surface area (Å²) in [7, 11) is 1.59. The zero-order chi connectivity index (χ0) is 43.0. The normalized spacial score (nSPS) is 38.0. The fourth-order valence-electron chi connectivity index (χ4n) is 13.5. The van der Waals surface area contributed by atoms with Gasteiger partial charge < -0.3 is 29.3 Å². The molecular weight excluding hydrogens is 772 g/mol. The molecule has 2 N–H and O–H groups in total. The summed E-state index contributed by atoms with van der Waals surface area (Å²) < 4.78 is 55.1. The third-order valence-corrected chi connectivity index (χ3v) is 16.8. The van der Waals surface area contributed by atoms with Gasteiger partial charge in [0.2, 0.25) is 0 Å². The van der Waals surface area contributed by atoms with Crippen LogP contribution in [0.1, 0.15) is 115 Å². The van der Waals surface area contributed by atoms with Gasteiger partial charge in [0.15, 0.2) is 5.78 Å². The molecule has 0 aromatic heterocycles. The van der Waals surface area contributed by atoms with Crippen LogP contribution < -0.4 is 9.47 Å². The number of allylic oxidation sites excluding steroid dienone is 4. The molecule has 2 aromatic rings. The number of methoxy groups -OCH3 is 1. The van der Waals surface area contributed by atoms with Gasteiger partial charge in [-0.15, -0.1) is 13.2 Å². The summed E-state index contributed by atoms with van der Waals surface area (Å²) in [6, 6.07) is 12.7. The molecule has 2 aromatic carbocycles. The minimum Gasteiger partial charge on any atom is -0.497 e. The second kappa shape index (κ2) is 15.2. The molecule has 0 radical (unpaired) electrons. The van der Waals surface area contributed by atoms with Crippen LogP contribution in [0.3, 0.4) is 0 Å². The van der Waals surface area contributed by atoms with Gasteiger partial charge in [-0.1, -0.05) is 71.4 Å². The monoisotopic (exact) mass is 833 g/mol. The van der Waals surface area contributed by atoms with Crippen LogP contribution in [-0.4, -0.2) is 64.8 Å². The molecule has 7 aliphatic rings. The highest BCUT2D eigenvalue weighted by molar-refractivity contribution is 6.10. The van der Waals surface area contributed by atoms with Gasteiger partial charge >= 0.3 is 12.5 Å². The Morgan fingerprint density at radius 2 is 1.53 bits per heavy atom. The van der Waals surface area contributed by atoms with Crippen molar-refractivity contribution in [3.05, 3.63) is 83.5 Å². The SMILES string of the molecule is COc1ccc(C(=O)C2=CC34C=CC25C(CCC2(C)C5CCC2(O)CN(Cc2ccc(OC(F)(F)F)cc2)C(=O)OC2CC(C)CCC2C(C)C)C3(C)CCC(O)C4)cc1. The maximum atomic E-state index is 15.0. The summed E-state index contributed by atoms with van der Waals surface area (Å²) in [6.07, 6.45) is 7.81. The Morgan fingerprint density at radius 1 is 0.883 bits per heavy atom. The van der Waals surface area contributed by atoms with Gasteiger partial charge in [-0.3, -0.25) is 4.79 Å². The van der Waals surface area contributed by atoms with E-state index in [0.29, 0.717) is 60.8 Å². The lowest BCUT2D eigenvalue weighted by Crippen LogP contribution is -2.67. The molecule has 2 spiro atoms. The molecule has 60 heavy (non-hydrogen) atoms. The molecule has 11 heteroatoms. The average Bonchev–Trinajstić information content (AvgIpc) is 3.47. The van der Waals surface area contributed by atoms with Crippen molar-refractivity contribution in [1.29, 1.82) is 0 Å². The number of aliphatic hydroxyl groups excluding tert-OH is 1. The summed E-state index contributed by atoms with van der Waals surface area (Å²) in [5, 5.41) is 24.4. The van der Waals surface area contributed by atoms with Gasteiger partial charge in [-0.05, 0) is 135 Å². The number of hydrogen-bond acceptors (Lipinski definition) is 7. The fourth-order valence-corrected chi connectivity index (χ4v) is 13.5. The van der Waals surface area contributed by atoms with E-state index < -0.39 is 40.4 Å². The zero-order valence-electron chi connectivity index (χ0n) is 35.9. The first-order valence-electron chi connectivity index (χ1n) is 22.1. The second-order valence-electron chi connectivity index (χ2n) is 20.2. The Hall–Kier alpha value is -3.83. The number of aliphatic hydroxyl groups is 2. The zero-order valence-corrected chi connectivity index (χ0v) is 35.9. The van der Waals surface area contributed by atoms with Crippen molar-refractivity contribution in [2.24, 2.45) is 51.2 Å². The highest BCUT2D eigenvalue weighted by Crippen LogP contribution is 2.78. The highest BCUT2D eigenvalue weighted by atomic mass is 19.4. The minimum atomic E-state index is -4.84. The van der Waals surface area contributed by atoms with E-state index in [-0.39, 0.29) is 53.9 Å². The standard InChI is InChI=1S/C49H62F3NO7/c1-30(2)37-16-7-31(3)25-39(37)59-43(56)53(28-32-8-12-36(13-9-32)60-49(50,51)52)29-47(57)22-19-41-45(47,5)21-18-40-44(4)20-17-34(54)26-46(44)23-24-48(40,41)38(27-46)42(55)33-10-14-35(58-6)15-11-33/h8-15,23-24,27,30-31,34,37,39-41,54,57H,7,16-22,25-26,28-29H2,1-6H3. The molecule has 9 rings (SSSR count). The summed E-state index contributed by atoms with van der Waals surface area (Å²) in [5.41, 5.74) is -1.65. The Labute approximate surface area is 352 Å². The first-order valence-corrected chi connectivity index (χ1v) is 22.1. The fraction of sp³-hybridized carbons (Fsp3) is 0.633. The predicted molar refractivity (Wildman–Crippen MR) is 221 cm³/mol. The summed E-state index contributed by atoms with van der Waals surface area (Å²) >= 11 is 0. The van der Waals surface area contributed by atoms with E-state index in [2.05, 4.69) is 57.6 Å². The molecule has 0 saturated heterocycles. The number of nitrogens with zero attached hydrogens (tertiary/aromatic N) is 1. The number of carbonyl (C=O) groups is 2. The number of carbonyl (C=O) groups excluding carboxylic acids is 2. The number of ether oxygens (including phenoxy) is 3. The first-order chi connectivity index (χ1) is 28.3. The number of ketones is 1. The van der Waals surface area contributed by atoms with Crippen molar-refractivity contribution in [1.82, 2.24) is 4.90 Å². The summed E-state index contributed by atoms with van der Waals surface area (Å²) in [6.45, 7) is 10.9. The summed E-state index contributed by atoms with van der Waals surface area (Å²) in [5.74, 6) is 1.04. The van der Waals surface area contributed by atoms with Crippen LogP contribution in [0.25, 0.3) is 0 Å². The van der Waals surface area contributed by atoms with Gasteiger partial charge in [0.05, 0.1) is 25.4 Å². The van der Waals surface area contributed by atoms with Crippen molar-refractivity contribution < 1.29 is 47.2 Å². The molecule has 326 valence electrons. The van der Waals surface area contributed by atoms with Crippen LogP contribution in [0.4, 0.5) is 18.0 Å². The third kappa shape index (κ3) is 6.98. The Kier molecular flexibility index (Phi) is 10.9. The average molecular weight is 834 g/mol. The van der Waals surface area contributed by atoms with E-state index in [1.807, 2.05) is 0 Å². The topological polar surface area (TPSA) is 106 Å². The van der Waals surface area contributed by atoms with Crippen LogP contribution in [0, 0.1) is 51.2 Å². The van der Waals surface area contributed by atoms with Crippen molar-refractivity contribution in [2.75, 3.05) is 13.7 Å². The molecule has 8 nitrogen and oxygen atoms in total. The van der Waals surface area contributed by atoms with E-state index in [0.717, 1.165) is 37.7 Å². The van der Waals surface area contributed by atoms with E-state index in [9.17, 15) is 33.0 Å². The van der Waals surface area contributed by atoms with E-state index in [1.165, 1.54) is 24.3 Å². The molecule has 4 fully saturated rings. The lowest BCUT2D eigenvalue weighted by Gasteiger charge is -2.71. The first kappa shape index (κ1) is 42.8. The van der Waals surface area contributed by atoms with Crippen LogP contribution in [0.5, 0.6) is 11.5 Å². The number of alkyl halides is 3. The number of rotatable bonds is 10. The smallest absolute Gasteiger partial charge is 0.497 e. The lowest BCUT2D eigenvalue weighted by molar-refractivity contribution is -0.274. The highest BCUT2D eigenvalue weighted by Gasteiger charge is 2.74. The Bertz CT molecular complexity index is 2010. The van der Waals surface area contributed by atoms with E-state index in [4.69, 9.17) is 9.47 Å². The molecule has 4 saturated carbocycles. The number of benzene rings is 2. The maximum absolute atomic E-state index is 15.0. The molecule has 0 aliphatic heterocycles. The Balaban J connectivity index is 1.16. The molecule has 11 unspecified atom stereocenters. The maximum Gasteiger partial charge on any atom is 0.573 e. The molecule has 1 amide bonds. The summed E-state index contributed by atoms with van der Waals surface area (Å²) in [4.78, 5) is 31.1. The van der Waals surface area contributed by atoms with Gasteiger partial charge in [-0.2, -0.15) is 0 Å². The van der Waals surface area contributed by atoms with Gasteiger partial charge in [-0.25, -0.2) is 4.79 Å². The molecule has 7 aliphatic carbocycles. The molecule has 0 heterocycles. The van der Waals surface area contributed by atoms with Crippen LogP contribution >= 0.6 is 0 Å². The quantitative estimate of drug-likeness (QED) is 0.181. The largest absolute Gasteiger partial charge is 0.573 e. The van der Waals surface area contributed by atoms with Crippen molar-refractivity contribution in [3.63, 3.8) is 0 Å². The van der Waals surface area contributed by atoms with E-state index in [1.54, 1.807) is 36.3 Å². The molecule has 11 atom stereocenters. The van der Waals surface area contributed by atoms with Crippen LogP contribution in [0.2, 0.25) is 0 Å². The van der Waals surface area contributed by atoms with Crippen molar-refractivity contribution in [3.8, 4) is 11.5 Å². The predicted octanol–water partition coefficient (Wildman–Crippen LogP) is 10.5. The third-order valence-electron chi connectivity index (χ3n) is 16.8. The van der Waals surface area contributed by atoms with E-state index >= 15 is 0 Å². The number of fused-ring (bicyclic) bond motifs is 1. The van der Waals surface area contributed by atoms with Gasteiger partial charge in [0, 0.05) is 33.9 Å². The van der Waals surface area contributed by atoms with Crippen LogP contribution in [-0.2, 0) is 11.3 Å². The lowest BCUT2D eigenvalue weighted by atomic mass is 9.32. The van der Waals surface area contributed by atoms with Crippen molar-refractivity contribution >= 4 is 11.9 Å². The number of hydrogen-bond donors (Lipinski definition) is 2. The minimum absolute atomic E-state index is 0.0144. The number of amides is 1. The second-order valence-corrected chi connectivity index (χ2v) is 20.2. The van der Waals surface area contributed by atoms with Crippen molar-refractivity contribution in [2.45, 2.75) is 130 Å². The van der Waals surface area contributed by atoms with Gasteiger partial charge in [0.25, 0.3) is 0 Å². The Morgan fingerprint density at radius 3 is 2.20 bits per heavy atom. The number of halogens is 3. The van der Waals surface area contributed by atoms with Crippen LogP contribution in [0.15, 0.2) is 72.3 Å². The molecular formula is C49H62F3NO7. The molecule has 2 bridgehead atoms. The van der Waals surface area contributed by atoms with Gasteiger partial charge in [0.1, 0.15) is 17.6 Å². The number of Topliss-reactive ketones (excluding diaryl/α,β-unsaturated/α-hetero) is 1.